The average Bonchev–Trinajstić information content (AvgIpc) is 3.33. The maximum atomic E-state index is 12.6. The fourth-order valence-electron chi connectivity index (χ4n) is 3.06. The first kappa shape index (κ1) is 16.2. The number of aryl methyl sites for hydroxylation is 2. The summed E-state index contributed by atoms with van der Waals surface area (Å²) in [6.45, 7) is 2.57. The number of furan rings is 2. The van der Waals surface area contributed by atoms with E-state index in [-0.39, 0.29) is 11.5 Å². The number of nitrogens with one attached hydrogen (secondary N) is 1. The van der Waals surface area contributed by atoms with Crippen LogP contribution in [0.25, 0.3) is 16.6 Å². The highest BCUT2D eigenvalue weighted by Gasteiger charge is 2.14. The summed E-state index contributed by atoms with van der Waals surface area (Å²) in [6.07, 6.45) is 3.98. The van der Waals surface area contributed by atoms with Crippen LogP contribution < -0.4 is 10.9 Å². The van der Waals surface area contributed by atoms with E-state index in [4.69, 9.17) is 8.83 Å². The molecule has 26 heavy (non-hydrogen) atoms. The Balaban J connectivity index is 1.43. The molecular weight excluding hydrogens is 336 g/mol. The van der Waals surface area contributed by atoms with Gasteiger partial charge in [0.1, 0.15) is 17.1 Å². The maximum Gasteiger partial charge on any atom is 0.291 e. The topological polar surface area (TPSA) is 94.7 Å². The van der Waals surface area contributed by atoms with Gasteiger partial charge in [-0.25, -0.2) is 4.68 Å². The predicted octanol–water partition coefficient (Wildman–Crippen LogP) is 2.24. The van der Waals surface area contributed by atoms with E-state index < -0.39 is 0 Å². The second-order valence-electron chi connectivity index (χ2n) is 6.07. The third kappa shape index (κ3) is 2.90. The first-order chi connectivity index (χ1) is 12.6. The standard InChI is InChI=1S/C18H18N4O4/c1-12-20-21(7-2-5-17(23)19-11-13-4-3-8-25-13)18(24)15-10-16-14(22(12)15)6-9-26-16/h3-4,6,8-10H,2,5,7,11H2,1H3,(H,19,23). The average molecular weight is 354 g/mol. The van der Waals surface area contributed by atoms with Gasteiger partial charge in [-0.3, -0.25) is 14.0 Å². The summed E-state index contributed by atoms with van der Waals surface area (Å²) in [5.41, 5.74) is 1.81. The molecular formula is C18H18N4O4. The molecule has 0 saturated heterocycles. The fraction of sp³-hybridized carbons (Fsp3) is 0.278. The molecule has 0 fully saturated rings. The minimum atomic E-state index is -0.196. The molecule has 0 bridgehead atoms. The van der Waals surface area contributed by atoms with Crippen molar-refractivity contribution < 1.29 is 13.6 Å². The van der Waals surface area contributed by atoms with Crippen molar-refractivity contribution >= 4 is 22.5 Å². The molecule has 4 rings (SSSR count). The molecule has 4 aromatic rings. The number of amides is 1. The summed E-state index contributed by atoms with van der Waals surface area (Å²) >= 11 is 0. The molecule has 8 nitrogen and oxygen atoms in total. The van der Waals surface area contributed by atoms with Gasteiger partial charge in [0.25, 0.3) is 5.56 Å². The van der Waals surface area contributed by atoms with Gasteiger partial charge in [-0.05, 0) is 25.5 Å². The smallest absolute Gasteiger partial charge is 0.291 e. The highest BCUT2D eigenvalue weighted by molar-refractivity contribution is 5.82. The van der Waals surface area contributed by atoms with E-state index in [1.54, 1.807) is 35.1 Å². The first-order valence-electron chi connectivity index (χ1n) is 8.39. The normalized spacial score (nSPS) is 11.4. The maximum absolute atomic E-state index is 12.6. The number of nitrogens with zero attached hydrogens (tertiary/aromatic N) is 3. The van der Waals surface area contributed by atoms with E-state index in [9.17, 15) is 9.59 Å². The van der Waals surface area contributed by atoms with E-state index in [2.05, 4.69) is 10.4 Å². The molecule has 0 spiro atoms. The van der Waals surface area contributed by atoms with E-state index in [0.29, 0.717) is 48.6 Å². The molecule has 4 heterocycles. The molecule has 0 aliphatic heterocycles. The van der Waals surface area contributed by atoms with Crippen LogP contribution in [0.5, 0.6) is 0 Å². The van der Waals surface area contributed by atoms with Crippen LogP contribution in [-0.2, 0) is 17.9 Å². The SMILES string of the molecule is Cc1nn(CCCC(=O)NCc2ccco2)c(=O)c2cc3occc3n12. The Morgan fingerprint density at radius 3 is 2.92 bits per heavy atom. The molecule has 1 amide bonds. The van der Waals surface area contributed by atoms with Gasteiger partial charge in [0.15, 0.2) is 5.58 Å². The van der Waals surface area contributed by atoms with Crippen LogP contribution in [0.4, 0.5) is 0 Å². The van der Waals surface area contributed by atoms with Gasteiger partial charge in [-0.1, -0.05) is 0 Å². The van der Waals surface area contributed by atoms with E-state index >= 15 is 0 Å². The van der Waals surface area contributed by atoms with Crippen molar-refractivity contribution in [2.45, 2.75) is 32.9 Å². The number of carbonyl (C=O) groups is 1. The Labute approximate surface area is 148 Å². The number of rotatable bonds is 6. The van der Waals surface area contributed by atoms with Gasteiger partial charge >= 0.3 is 0 Å². The fourth-order valence-corrected chi connectivity index (χ4v) is 3.06. The largest absolute Gasteiger partial charge is 0.467 e. The quantitative estimate of drug-likeness (QED) is 0.573. The van der Waals surface area contributed by atoms with Crippen molar-refractivity contribution in [1.82, 2.24) is 19.5 Å². The molecule has 0 unspecified atom stereocenters. The van der Waals surface area contributed by atoms with Gasteiger partial charge in [0, 0.05) is 25.1 Å². The van der Waals surface area contributed by atoms with Gasteiger partial charge in [0.05, 0.1) is 24.6 Å². The van der Waals surface area contributed by atoms with Crippen LogP contribution in [0.3, 0.4) is 0 Å². The van der Waals surface area contributed by atoms with Crippen molar-refractivity contribution in [3.63, 3.8) is 0 Å². The Hall–Kier alpha value is -3.29. The van der Waals surface area contributed by atoms with Gasteiger partial charge in [-0.2, -0.15) is 5.10 Å². The zero-order valence-electron chi connectivity index (χ0n) is 14.3. The van der Waals surface area contributed by atoms with Crippen molar-refractivity contribution in [2.24, 2.45) is 0 Å². The van der Waals surface area contributed by atoms with Crippen molar-refractivity contribution in [1.29, 1.82) is 0 Å². The van der Waals surface area contributed by atoms with Gasteiger partial charge < -0.3 is 14.2 Å². The van der Waals surface area contributed by atoms with E-state index in [1.165, 1.54) is 4.68 Å². The van der Waals surface area contributed by atoms with Gasteiger partial charge in [0.2, 0.25) is 5.91 Å². The molecule has 0 saturated carbocycles. The number of aromatic nitrogens is 3. The van der Waals surface area contributed by atoms with Crippen LogP contribution in [-0.4, -0.2) is 20.1 Å². The molecule has 0 aromatic carbocycles. The van der Waals surface area contributed by atoms with E-state index in [1.807, 2.05) is 13.0 Å². The minimum absolute atomic E-state index is 0.0903. The van der Waals surface area contributed by atoms with Crippen LogP contribution in [0, 0.1) is 6.92 Å². The Morgan fingerprint density at radius 1 is 1.23 bits per heavy atom. The van der Waals surface area contributed by atoms with Crippen molar-refractivity contribution in [2.75, 3.05) is 0 Å². The lowest BCUT2D eigenvalue weighted by Gasteiger charge is -2.08. The lowest BCUT2D eigenvalue weighted by molar-refractivity contribution is -0.121. The van der Waals surface area contributed by atoms with Crippen molar-refractivity contribution in [3.05, 3.63) is 58.7 Å². The van der Waals surface area contributed by atoms with Crippen molar-refractivity contribution in [3.8, 4) is 0 Å². The first-order valence-corrected chi connectivity index (χ1v) is 8.39. The minimum Gasteiger partial charge on any atom is -0.467 e. The summed E-state index contributed by atoms with van der Waals surface area (Å²) < 4.78 is 13.7. The van der Waals surface area contributed by atoms with Crippen LogP contribution >= 0.6 is 0 Å². The second-order valence-corrected chi connectivity index (χ2v) is 6.07. The van der Waals surface area contributed by atoms with Gasteiger partial charge in [-0.15, -0.1) is 0 Å². The molecule has 4 aromatic heterocycles. The van der Waals surface area contributed by atoms with Crippen LogP contribution in [0.1, 0.15) is 24.4 Å². The highest BCUT2D eigenvalue weighted by Crippen LogP contribution is 2.19. The Morgan fingerprint density at radius 2 is 2.12 bits per heavy atom. The summed E-state index contributed by atoms with van der Waals surface area (Å²) in [6, 6.07) is 7.11. The number of fused-ring (bicyclic) bond motifs is 3. The monoisotopic (exact) mass is 354 g/mol. The number of carbonyl (C=O) groups excluding carboxylic acids is 1. The molecule has 0 aliphatic carbocycles. The Bertz CT molecular complexity index is 1120. The lowest BCUT2D eigenvalue weighted by atomic mass is 10.3. The third-order valence-corrected chi connectivity index (χ3v) is 4.28. The summed E-state index contributed by atoms with van der Waals surface area (Å²) in [5.74, 6) is 1.31. The second kappa shape index (κ2) is 6.55. The molecule has 1 N–H and O–H groups in total. The lowest BCUT2D eigenvalue weighted by Crippen LogP contribution is -2.27. The molecule has 0 atom stereocenters. The highest BCUT2D eigenvalue weighted by atomic mass is 16.3. The summed E-state index contributed by atoms with van der Waals surface area (Å²) in [5, 5.41) is 7.15. The number of hydrogen-bond acceptors (Lipinski definition) is 5. The van der Waals surface area contributed by atoms with Crippen LogP contribution in [0.2, 0.25) is 0 Å². The zero-order valence-corrected chi connectivity index (χ0v) is 14.3. The summed E-state index contributed by atoms with van der Waals surface area (Å²) in [4.78, 5) is 24.5. The van der Waals surface area contributed by atoms with E-state index in [0.717, 1.165) is 5.52 Å². The third-order valence-electron chi connectivity index (χ3n) is 4.28. The molecule has 8 heteroatoms. The summed E-state index contributed by atoms with van der Waals surface area (Å²) in [7, 11) is 0. The molecule has 0 aliphatic rings. The zero-order chi connectivity index (χ0) is 18.1. The molecule has 0 radical (unpaired) electrons. The van der Waals surface area contributed by atoms with Crippen LogP contribution in [0.15, 0.2) is 50.4 Å². The predicted molar refractivity (Wildman–Crippen MR) is 93.7 cm³/mol. The molecule has 134 valence electrons. The Kier molecular flexibility index (Phi) is 4.08. The number of hydrogen-bond donors (Lipinski definition) is 1.